The molecule has 0 radical (unpaired) electrons. The van der Waals surface area contributed by atoms with Crippen LogP contribution in [0.5, 0.6) is 0 Å². The van der Waals surface area contributed by atoms with Gasteiger partial charge >= 0.3 is 0 Å². The molecule has 0 aliphatic rings. The fourth-order valence-corrected chi connectivity index (χ4v) is 2.68. The number of nitrogens with zero attached hydrogens (tertiary/aromatic N) is 2. The highest BCUT2D eigenvalue weighted by Crippen LogP contribution is 2.16. The van der Waals surface area contributed by atoms with E-state index in [4.69, 9.17) is 0 Å². The molecule has 0 spiro atoms. The summed E-state index contributed by atoms with van der Waals surface area (Å²) in [4.78, 5) is 17.0. The van der Waals surface area contributed by atoms with E-state index in [9.17, 15) is 4.79 Å². The molecule has 3 aromatic rings. The third-order valence-electron chi connectivity index (χ3n) is 3.84. The molecule has 1 heterocycles. The quantitative estimate of drug-likeness (QED) is 0.734. The Balaban J connectivity index is 1.84. The number of para-hydroxylation sites is 2. The number of rotatable bonds is 5. The monoisotopic (exact) mass is 305 g/mol. The van der Waals surface area contributed by atoms with E-state index in [0.717, 1.165) is 22.4 Å². The fourth-order valence-electron chi connectivity index (χ4n) is 2.68. The lowest BCUT2D eigenvalue weighted by Gasteiger charge is -2.09. The number of allylic oxidation sites excluding steroid dienone is 1. The molecule has 2 aromatic carbocycles. The third kappa shape index (κ3) is 3.01. The van der Waals surface area contributed by atoms with E-state index in [1.54, 1.807) is 0 Å². The van der Waals surface area contributed by atoms with Crippen molar-refractivity contribution in [2.75, 3.05) is 0 Å². The number of imidazole rings is 1. The van der Waals surface area contributed by atoms with Gasteiger partial charge in [-0.05, 0) is 30.7 Å². The van der Waals surface area contributed by atoms with Crippen LogP contribution < -0.4 is 5.32 Å². The molecular weight excluding hydrogens is 286 g/mol. The van der Waals surface area contributed by atoms with Gasteiger partial charge in [0.05, 0.1) is 17.6 Å². The van der Waals surface area contributed by atoms with E-state index in [-0.39, 0.29) is 5.91 Å². The Hall–Kier alpha value is -2.88. The maximum Gasteiger partial charge on any atom is 0.251 e. The topological polar surface area (TPSA) is 46.9 Å². The first kappa shape index (κ1) is 15.0. The maximum absolute atomic E-state index is 12.4. The first-order valence-electron chi connectivity index (χ1n) is 7.59. The minimum Gasteiger partial charge on any atom is -0.345 e. The van der Waals surface area contributed by atoms with Gasteiger partial charge in [0.1, 0.15) is 5.82 Å². The Morgan fingerprint density at radius 1 is 1.22 bits per heavy atom. The van der Waals surface area contributed by atoms with Gasteiger partial charge < -0.3 is 9.88 Å². The highest BCUT2D eigenvalue weighted by Gasteiger charge is 2.12. The van der Waals surface area contributed by atoms with Gasteiger partial charge in [-0.25, -0.2) is 4.98 Å². The minimum atomic E-state index is -0.0830. The number of aryl methyl sites for hydroxylation is 1. The molecule has 1 aromatic heterocycles. The van der Waals surface area contributed by atoms with Gasteiger partial charge in [-0.1, -0.05) is 36.4 Å². The largest absolute Gasteiger partial charge is 0.345 e. The molecule has 0 bridgehead atoms. The molecule has 0 fully saturated rings. The van der Waals surface area contributed by atoms with Crippen molar-refractivity contribution in [2.45, 2.75) is 20.0 Å². The zero-order chi connectivity index (χ0) is 16.2. The summed E-state index contributed by atoms with van der Waals surface area (Å²) in [5.41, 5.74) is 3.63. The number of nitrogens with one attached hydrogen (secondary N) is 1. The van der Waals surface area contributed by atoms with Crippen LogP contribution in [0.2, 0.25) is 0 Å². The smallest absolute Gasteiger partial charge is 0.251 e. The van der Waals surface area contributed by atoms with Crippen molar-refractivity contribution in [1.29, 1.82) is 0 Å². The molecule has 116 valence electrons. The first-order valence-corrected chi connectivity index (χ1v) is 7.59. The number of amides is 1. The molecule has 4 nitrogen and oxygen atoms in total. The molecule has 0 saturated carbocycles. The van der Waals surface area contributed by atoms with Crippen molar-refractivity contribution in [3.05, 3.63) is 78.1 Å². The lowest BCUT2D eigenvalue weighted by Crippen LogP contribution is -2.25. The second-order valence-electron chi connectivity index (χ2n) is 5.41. The van der Waals surface area contributed by atoms with E-state index in [1.807, 2.05) is 61.5 Å². The van der Waals surface area contributed by atoms with E-state index >= 15 is 0 Å². The summed E-state index contributed by atoms with van der Waals surface area (Å²) in [6.07, 6.45) is 1.83. The predicted molar refractivity (Wildman–Crippen MR) is 92.3 cm³/mol. The average Bonchev–Trinajstić information content (AvgIpc) is 2.91. The predicted octanol–water partition coefficient (Wildman–Crippen LogP) is 3.46. The number of hydrogen-bond donors (Lipinski definition) is 1. The Morgan fingerprint density at radius 2 is 1.96 bits per heavy atom. The summed E-state index contributed by atoms with van der Waals surface area (Å²) in [7, 11) is 0. The summed E-state index contributed by atoms with van der Waals surface area (Å²) in [5, 5.41) is 2.96. The standard InChI is InChI=1S/C19H19N3O/c1-3-12-22-17-11-7-6-10-16(17)21-18(22)13-20-19(23)15-9-5-4-8-14(15)2/h3-11H,1,12-13H2,2H3,(H,20,23). The van der Waals surface area contributed by atoms with E-state index in [2.05, 4.69) is 21.4 Å². The lowest BCUT2D eigenvalue weighted by atomic mass is 10.1. The Bertz CT molecular complexity index is 864. The van der Waals surface area contributed by atoms with Crippen molar-refractivity contribution >= 4 is 16.9 Å². The number of benzene rings is 2. The van der Waals surface area contributed by atoms with Gasteiger partial charge in [0, 0.05) is 12.1 Å². The lowest BCUT2D eigenvalue weighted by molar-refractivity contribution is 0.0949. The van der Waals surface area contributed by atoms with Crippen LogP contribution in [0.3, 0.4) is 0 Å². The minimum absolute atomic E-state index is 0.0830. The number of carbonyl (C=O) groups is 1. The van der Waals surface area contributed by atoms with Crippen molar-refractivity contribution in [3.63, 3.8) is 0 Å². The summed E-state index contributed by atoms with van der Waals surface area (Å²) < 4.78 is 2.07. The third-order valence-corrected chi connectivity index (χ3v) is 3.84. The summed E-state index contributed by atoms with van der Waals surface area (Å²) in [6, 6.07) is 15.5. The number of hydrogen-bond acceptors (Lipinski definition) is 2. The number of carbonyl (C=O) groups excluding carboxylic acids is 1. The molecule has 0 saturated heterocycles. The summed E-state index contributed by atoms with van der Waals surface area (Å²) >= 11 is 0. The van der Waals surface area contributed by atoms with Gasteiger partial charge in [-0.3, -0.25) is 4.79 Å². The summed E-state index contributed by atoms with van der Waals surface area (Å²) in [5.74, 6) is 0.744. The number of aromatic nitrogens is 2. The van der Waals surface area contributed by atoms with Crippen molar-refractivity contribution in [3.8, 4) is 0 Å². The van der Waals surface area contributed by atoms with Crippen molar-refractivity contribution in [2.24, 2.45) is 0 Å². The fraction of sp³-hybridized carbons (Fsp3) is 0.158. The molecule has 0 atom stereocenters. The highest BCUT2D eigenvalue weighted by atomic mass is 16.1. The van der Waals surface area contributed by atoms with Crippen LogP contribution in [0, 0.1) is 6.92 Å². The zero-order valence-corrected chi connectivity index (χ0v) is 13.1. The molecule has 0 aliphatic carbocycles. The molecule has 1 N–H and O–H groups in total. The van der Waals surface area contributed by atoms with Crippen LogP contribution in [-0.2, 0) is 13.1 Å². The van der Waals surface area contributed by atoms with Crippen LogP contribution in [0.1, 0.15) is 21.7 Å². The van der Waals surface area contributed by atoms with Crippen LogP contribution in [0.25, 0.3) is 11.0 Å². The van der Waals surface area contributed by atoms with Crippen molar-refractivity contribution in [1.82, 2.24) is 14.9 Å². The van der Waals surface area contributed by atoms with E-state index in [1.165, 1.54) is 0 Å². The molecular formula is C19H19N3O. The van der Waals surface area contributed by atoms with Gasteiger partial charge in [0.15, 0.2) is 0 Å². The van der Waals surface area contributed by atoms with E-state index < -0.39 is 0 Å². The molecule has 0 unspecified atom stereocenters. The van der Waals surface area contributed by atoms with Crippen LogP contribution in [-0.4, -0.2) is 15.5 Å². The Labute approximate surface area is 135 Å². The summed E-state index contributed by atoms with van der Waals surface area (Å²) in [6.45, 7) is 6.78. The normalized spacial score (nSPS) is 10.7. The highest BCUT2D eigenvalue weighted by molar-refractivity contribution is 5.95. The molecule has 0 aliphatic heterocycles. The van der Waals surface area contributed by atoms with Gasteiger partial charge in [0.25, 0.3) is 5.91 Å². The molecule has 4 heteroatoms. The van der Waals surface area contributed by atoms with Crippen molar-refractivity contribution < 1.29 is 4.79 Å². The Kier molecular flexibility index (Phi) is 4.24. The Morgan fingerprint density at radius 3 is 2.74 bits per heavy atom. The molecule has 3 rings (SSSR count). The maximum atomic E-state index is 12.4. The average molecular weight is 305 g/mol. The van der Waals surface area contributed by atoms with E-state index in [0.29, 0.717) is 18.7 Å². The number of fused-ring (bicyclic) bond motifs is 1. The second kappa shape index (κ2) is 6.48. The zero-order valence-electron chi connectivity index (χ0n) is 13.1. The van der Waals surface area contributed by atoms with Gasteiger partial charge in [-0.15, -0.1) is 6.58 Å². The van der Waals surface area contributed by atoms with Crippen LogP contribution >= 0.6 is 0 Å². The van der Waals surface area contributed by atoms with Gasteiger partial charge in [-0.2, -0.15) is 0 Å². The molecule has 1 amide bonds. The van der Waals surface area contributed by atoms with Crippen LogP contribution in [0.15, 0.2) is 61.2 Å². The van der Waals surface area contributed by atoms with Crippen LogP contribution in [0.4, 0.5) is 0 Å². The van der Waals surface area contributed by atoms with Gasteiger partial charge in [0.2, 0.25) is 0 Å². The SMILES string of the molecule is C=CCn1c(CNC(=O)c2ccccc2C)nc2ccccc21. The first-order chi connectivity index (χ1) is 11.2. The molecule has 23 heavy (non-hydrogen) atoms. The second-order valence-corrected chi connectivity index (χ2v) is 5.41.